The third-order valence-corrected chi connectivity index (χ3v) is 2.36. The Balaban J connectivity index is 2.32. The quantitative estimate of drug-likeness (QED) is 0.495. The van der Waals surface area contributed by atoms with Gasteiger partial charge >= 0.3 is 5.97 Å². The molecule has 1 heterocycles. The zero-order valence-electron chi connectivity index (χ0n) is 9.11. The summed E-state index contributed by atoms with van der Waals surface area (Å²) in [5.41, 5.74) is 5.41. The molecule has 1 aliphatic heterocycles. The number of carbonyl (C=O) groups is 2. The highest BCUT2D eigenvalue weighted by Crippen LogP contribution is 2.05. The molecule has 0 aromatic heterocycles. The molecule has 0 aromatic carbocycles. The van der Waals surface area contributed by atoms with Crippen molar-refractivity contribution in [1.82, 2.24) is 4.90 Å². The van der Waals surface area contributed by atoms with E-state index < -0.39 is 12.0 Å². The topological polar surface area (TPSA) is 83.6 Å². The van der Waals surface area contributed by atoms with Crippen molar-refractivity contribution in [3.05, 3.63) is 0 Å². The van der Waals surface area contributed by atoms with E-state index in [1.54, 1.807) is 0 Å². The van der Waals surface area contributed by atoms with Crippen LogP contribution < -0.4 is 5.73 Å². The minimum atomic E-state index is -1.01. The molecule has 0 spiro atoms. The standard InChI is InChI=1S/C11H16N2O3/c12-9(7-11(15)16)3-4-10(14)8-13-5-1-2-6-13/h9H,1-2,5-8,12H2,(H,15,16). The van der Waals surface area contributed by atoms with Crippen LogP contribution in [0.1, 0.15) is 19.3 Å². The summed E-state index contributed by atoms with van der Waals surface area (Å²) in [6, 6.07) is -0.764. The molecule has 0 aliphatic carbocycles. The van der Waals surface area contributed by atoms with Gasteiger partial charge in [-0.1, -0.05) is 5.92 Å². The average molecular weight is 224 g/mol. The molecule has 16 heavy (non-hydrogen) atoms. The second-order valence-electron chi connectivity index (χ2n) is 3.88. The summed E-state index contributed by atoms with van der Waals surface area (Å²) in [5, 5.41) is 8.44. The monoisotopic (exact) mass is 224 g/mol. The fraction of sp³-hybridized carbons (Fsp3) is 0.636. The number of nitrogens with two attached hydrogens (primary N) is 1. The lowest BCUT2D eigenvalue weighted by molar-refractivity contribution is -0.137. The molecule has 0 radical (unpaired) electrons. The number of likely N-dealkylation sites (tertiary alicyclic amines) is 1. The molecule has 5 nitrogen and oxygen atoms in total. The lowest BCUT2D eigenvalue weighted by Crippen LogP contribution is -2.26. The van der Waals surface area contributed by atoms with Gasteiger partial charge in [0, 0.05) is 0 Å². The summed E-state index contributed by atoms with van der Waals surface area (Å²) in [6.45, 7) is 2.20. The predicted octanol–water partition coefficient (Wildman–Crippen LogP) is -0.543. The Morgan fingerprint density at radius 1 is 1.38 bits per heavy atom. The first kappa shape index (κ1) is 12.7. The minimum Gasteiger partial charge on any atom is -0.481 e. The SMILES string of the molecule is NC(C#CC(=O)CN1CCCC1)CC(=O)O. The number of Topliss-reactive ketones (excluding diaryl/α,β-unsaturated/α-hetero) is 1. The van der Waals surface area contributed by atoms with Crippen molar-refractivity contribution >= 4 is 11.8 Å². The van der Waals surface area contributed by atoms with Gasteiger partial charge in [0.25, 0.3) is 0 Å². The highest BCUT2D eigenvalue weighted by molar-refractivity contribution is 5.97. The summed E-state index contributed by atoms with van der Waals surface area (Å²) >= 11 is 0. The Kier molecular flexibility index (Phi) is 4.96. The molecule has 1 saturated heterocycles. The summed E-state index contributed by atoms with van der Waals surface area (Å²) in [6.07, 6.45) is 2.02. The first-order chi connectivity index (χ1) is 7.58. The van der Waals surface area contributed by atoms with Gasteiger partial charge in [0.1, 0.15) is 0 Å². The molecule has 0 amide bonds. The van der Waals surface area contributed by atoms with E-state index >= 15 is 0 Å². The highest BCUT2D eigenvalue weighted by atomic mass is 16.4. The van der Waals surface area contributed by atoms with Crippen molar-refractivity contribution in [3.8, 4) is 11.8 Å². The van der Waals surface area contributed by atoms with Gasteiger partial charge in [0.2, 0.25) is 5.78 Å². The molecule has 1 atom stereocenters. The van der Waals surface area contributed by atoms with Gasteiger partial charge in [0.05, 0.1) is 19.0 Å². The number of aliphatic carboxylic acids is 1. The average Bonchev–Trinajstić information content (AvgIpc) is 2.66. The number of ketones is 1. The normalized spacial score (nSPS) is 17.6. The molecule has 5 heteroatoms. The van der Waals surface area contributed by atoms with Crippen LogP contribution in [-0.4, -0.2) is 47.4 Å². The van der Waals surface area contributed by atoms with Crippen molar-refractivity contribution in [2.24, 2.45) is 5.73 Å². The number of carboxylic acid groups (broad SMARTS) is 1. The molecule has 1 rings (SSSR count). The number of rotatable bonds is 4. The Bertz CT molecular complexity index is 324. The van der Waals surface area contributed by atoms with Crippen LogP contribution in [-0.2, 0) is 9.59 Å². The van der Waals surface area contributed by atoms with Crippen LogP contribution in [0.5, 0.6) is 0 Å². The zero-order chi connectivity index (χ0) is 12.0. The number of hydrogen-bond acceptors (Lipinski definition) is 4. The van der Waals surface area contributed by atoms with Crippen molar-refractivity contribution < 1.29 is 14.7 Å². The number of carbonyl (C=O) groups excluding carboxylic acids is 1. The minimum absolute atomic E-state index is 0.192. The summed E-state index contributed by atoms with van der Waals surface area (Å²) in [7, 11) is 0. The zero-order valence-corrected chi connectivity index (χ0v) is 9.11. The molecular weight excluding hydrogens is 208 g/mol. The van der Waals surface area contributed by atoms with Gasteiger partial charge in [-0.25, -0.2) is 0 Å². The van der Waals surface area contributed by atoms with Gasteiger partial charge in [-0.2, -0.15) is 0 Å². The van der Waals surface area contributed by atoms with E-state index in [0.717, 1.165) is 25.9 Å². The van der Waals surface area contributed by atoms with Gasteiger partial charge < -0.3 is 10.8 Å². The van der Waals surface area contributed by atoms with Crippen LogP contribution in [0.15, 0.2) is 0 Å². The van der Waals surface area contributed by atoms with Crippen LogP contribution >= 0.6 is 0 Å². The third kappa shape index (κ3) is 4.91. The van der Waals surface area contributed by atoms with Crippen LogP contribution in [0.3, 0.4) is 0 Å². The third-order valence-electron chi connectivity index (χ3n) is 2.36. The van der Waals surface area contributed by atoms with Crippen LogP contribution in [0.2, 0.25) is 0 Å². The number of carboxylic acids is 1. The molecule has 1 unspecified atom stereocenters. The molecule has 1 aliphatic rings. The molecule has 0 aromatic rings. The van der Waals surface area contributed by atoms with Gasteiger partial charge in [0.15, 0.2) is 0 Å². The smallest absolute Gasteiger partial charge is 0.305 e. The maximum atomic E-state index is 11.4. The maximum Gasteiger partial charge on any atom is 0.305 e. The Morgan fingerprint density at radius 3 is 2.56 bits per heavy atom. The second-order valence-corrected chi connectivity index (χ2v) is 3.88. The van der Waals surface area contributed by atoms with Crippen molar-refractivity contribution in [3.63, 3.8) is 0 Å². The second kappa shape index (κ2) is 6.26. The van der Waals surface area contributed by atoms with Gasteiger partial charge in [-0.15, -0.1) is 0 Å². The lowest BCUT2D eigenvalue weighted by atomic mass is 10.2. The van der Waals surface area contributed by atoms with E-state index in [1.807, 2.05) is 4.90 Å². The summed E-state index contributed by atoms with van der Waals surface area (Å²) in [4.78, 5) is 23.7. The van der Waals surface area contributed by atoms with Crippen molar-refractivity contribution in [1.29, 1.82) is 0 Å². The molecule has 88 valence electrons. The lowest BCUT2D eigenvalue weighted by Gasteiger charge is -2.10. The first-order valence-electron chi connectivity index (χ1n) is 5.32. The fourth-order valence-electron chi connectivity index (χ4n) is 1.60. The Morgan fingerprint density at radius 2 is 2.00 bits per heavy atom. The first-order valence-corrected chi connectivity index (χ1v) is 5.32. The van der Waals surface area contributed by atoms with Crippen LogP contribution in [0.25, 0.3) is 0 Å². The number of nitrogens with zero attached hydrogens (tertiary/aromatic N) is 1. The summed E-state index contributed by atoms with van der Waals surface area (Å²) in [5.74, 6) is 3.66. The highest BCUT2D eigenvalue weighted by Gasteiger charge is 2.13. The summed E-state index contributed by atoms with van der Waals surface area (Å²) < 4.78 is 0. The Labute approximate surface area is 94.6 Å². The van der Waals surface area contributed by atoms with E-state index in [-0.39, 0.29) is 12.2 Å². The molecular formula is C11H16N2O3. The molecule has 0 saturated carbocycles. The fourth-order valence-corrected chi connectivity index (χ4v) is 1.60. The number of hydrogen-bond donors (Lipinski definition) is 2. The van der Waals surface area contributed by atoms with E-state index in [1.165, 1.54) is 0 Å². The van der Waals surface area contributed by atoms with Crippen LogP contribution in [0.4, 0.5) is 0 Å². The van der Waals surface area contributed by atoms with Crippen molar-refractivity contribution in [2.45, 2.75) is 25.3 Å². The van der Waals surface area contributed by atoms with Crippen LogP contribution in [0, 0.1) is 11.8 Å². The van der Waals surface area contributed by atoms with E-state index in [0.29, 0.717) is 6.54 Å². The molecule has 0 bridgehead atoms. The molecule has 1 fully saturated rings. The molecule has 3 N–H and O–H groups in total. The maximum absolute atomic E-state index is 11.4. The van der Waals surface area contributed by atoms with Gasteiger partial charge in [-0.3, -0.25) is 14.5 Å². The largest absolute Gasteiger partial charge is 0.481 e. The van der Waals surface area contributed by atoms with E-state index in [2.05, 4.69) is 11.8 Å². The Hall–Kier alpha value is -1.38. The van der Waals surface area contributed by atoms with Crippen molar-refractivity contribution in [2.75, 3.05) is 19.6 Å². The van der Waals surface area contributed by atoms with E-state index in [4.69, 9.17) is 10.8 Å². The van der Waals surface area contributed by atoms with Gasteiger partial charge in [-0.05, 0) is 31.9 Å². The van der Waals surface area contributed by atoms with E-state index in [9.17, 15) is 9.59 Å². The predicted molar refractivity (Wildman–Crippen MR) is 58.7 cm³/mol.